The van der Waals surface area contributed by atoms with E-state index in [4.69, 9.17) is 11.6 Å². The van der Waals surface area contributed by atoms with Crippen molar-refractivity contribution in [1.82, 2.24) is 14.9 Å². The van der Waals surface area contributed by atoms with Crippen LogP contribution in [0.2, 0.25) is 5.02 Å². The van der Waals surface area contributed by atoms with Crippen LogP contribution in [0.5, 0.6) is 0 Å². The highest BCUT2D eigenvalue weighted by atomic mass is 35.5. The molecule has 0 atom stereocenters. The zero-order valence-corrected chi connectivity index (χ0v) is 15.0. The number of halogens is 4. The number of carbonyl (C=O) groups is 1. The predicted molar refractivity (Wildman–Crippen MR) is 95.8 cm³/mol. The molecule has 3 rings (SSSR count). The largest absolute Gasteiger partial charge is 0.418 e. The molecule has 1 amide bonds. The molecule has 1 fully saturated rings. The molecule has 1 aromatic carbocycles. The van der Waals surface area contributed by atoms with Gasteiger partial charge in [-0.25, -0.2) is 4.98 Å². The maximum absolute atomic E-state index is 13.1. The fourth-order valence-electron chi connectivity index (χ4n) is 2.84. The van der Waals surface area contributed by atoms with Gasteiger partial charge >= 0.3 is 6.18 Å². The van der Waals surface area contributed by atoms with E-state index in [-0.39, 0.29) is 17.3 Å². The van der Waals surface area contributed by atoms with E-state index in [1.807, 2.05) is 9.80 Å². The van der Waals surface area contributed by atoms with Crippen molar-refractivity contribution < 1.29 is 18.0 Å². The summed E-state index contributed by atoms with van der Waals surface area (Å²) in [5, 5.41) is 2.30. The van der Waals surface area contributed by atoms with Gasteiger partial charge in [0.1, 0.15) is 5.82 Å². The quantitative estimate of drug-likeness (QED) is 0.856. The molecule has 2 aromatic rings. The molecule has 0 radical (unpaired) electrons. The Labute approximate surface area is 159 Å². The van der Waals surface area contributed by atoms with Crippen molar-refractivity contribution in [1.29, 1.82) is 0 Å². The van der Waals surface area contributed by atoms with Gasteiger partial charge in [0.15, 0.2) is 0 Å². The molecular weight excluding hydrogens is 383 g/mol. The van der Waals surface area contributed by atoms with Crippen molar-refractivity contribution in [2.45, 2.75) is 6.18 Å². The van der Waals surface area contributed by atoms with Crippen LogP contribution in [-0.2, 0) is 11.0 Å². The van der Waals surface area contributed by atoms with Gasteiger partial charge in [-0.15, -0.1) is 0 Å². The number of aromatic nitrogens is 2. The zero-order chi connectivity index (χ0) is 19.4. The van der Waals surface area contributed by atoms with Crippen LogP contribution in [-0.4, -0.2) is 53.5 Å². The molecule has 0 aliphatic carbocycles. The minimum absolute atomic E-state index is 0.00817. The lowest BCUT2D eigenvalue weighted by atomic mass is 10.1. The normalized spacial score (nSPS) is 15.6. The van der Waals surface area contributed by atoms with Gasteiger partial charge in [-0.05, 0) is 18.2 Å². The Kier molecular flexibility index (Phi) is 5.81. The average molecular weight is 400 g/mol. The summed E-state index contributed by atoms with van der Waals surface area (Å²) in [6, 6.07) is 3.28. The van der Waals surface area contributed by atoms with E-state index in [2.05, 4.69) is 15.3 Å². The lowest BCUT2D eigenvalue weighted by Gasteiger charge is -2.34. The predicted octanol–water partition coefficient (Wildman–Crippen LogP) is 2.91. The Morgan fingerprint density at radius 3 is 2.56 bits per heavy atom. The second-order valence-corrected chi connectivity index (χ2v) is 6.50. The Bertz CT molecular complexity index is 795. The molecule has 27 heavy (non-hydrogen) atoms. The molecule has 2 heterocycles. The van der Waals surface area contributed by atoms with Gasteiger partial charge in [0, 0.05) is 43.6 Å². The molecule has 1 N–H and O–H groups in total. The first-order chi connectivity index (χ1) is 12.8. The van der Waals surface area contributed by atoms with Crippen molar-refractivity contribution in [3.8, 4) is 0 Å². The van der Waals surface area contributed by atoms with Gasteiger partial charge in [0.2, 0.25) is 5.91 Å². The van der Waals surface area contributed by atoms with Gasteiger partial charge in [-0.3, -0.25) is 14.7 Å². The summed E-state index contributed by atoms with van der Waals surface area (Å²) < 4.78 is 39.3. The zero-order valence-electron chi connectivity index (χ0n) is 14.2. The average Bonchev–Trinajstić information content (AvgIpc) is 2.64. The van der Waals surface area contributed by atoms with E-state index < -0.39 is 17.6 Å². The Morgan fingerprint density at radius 1 is 1.19 bits per heavy atom. The molecule has 1 aliphatic rings. The molecule has 144 valence electrons. The molecular formula is C17H17ClF3N5O. The van der Waals surface area contributed by atoms with Crippen LogP contribution in [0.4, 0.5) is 24.7 Å². The van der Waals surface area contributed by atoms with Crippen LogP contribution in [0, 0.1) is 0 Å². The summed E-state index contributed by atoms with van der Waals surface area (Å²) in [4.78, 5) is 24.4. The van der Waals surface area contributed by atoms with Crippen LogP contribution in [0.15, 0.2) is 36.8 Å². The highest BCUT2D eigenvalue weighted by molar-refractivity contribution is 6.30. The second-order valence-electron chi connectivity index (χ2n) is 6.06. The summed E-state index contributed by atoms with van der Waals surface area (Å²) in [6.45, 7) is 2.50. The van der Waals surface area contributed by atoms with Crippen molar-refractivity contribution >= 4 is 29.0 Å². The number of nitrogens with one attached hydrogen (secondary N) is 1. The number of benzene rings is 1. The number of nitrogens with zero attached hydrogens (tertiary/aromatic N) is 4. The van der Waals surface area contributed by atoms with Crippen molar-refractivity contribution in [3.05, 3.63) is 47.4 Å². The molecule has 0 bridgehead atoms. The van der Waals surface area contributed by atoms with Crippen molar-refractivity contribution in [2.24, 2.45) is 0 Å². The molecule has 1 aromatic heterocycles. The summed E-state index contributed by atoms with van der Waals surface area (Å²) in [5.41, 5.74) is -1.26. The van der Waals surface area contributed by atoms with Crippen molar-refractivity contribution in [3.63, 3.8) is 0 Å². The van der Waals surface area contributed by atoms with Crippen LogP contribution in [0.25, 0.3) is 0 Å². The number of anilines is 2. The van der Waals surface area contributed by atoms with E-state index in [0.717, 1.165) is 18.0 Å². The van der Waals surface area contributed by atoms with Gasteiger partial charge in [0.25, 0.3) is 0 Å². The molecule has 0 spiro atoms. The molecule has 1 aliphatic heterocycles. The molecule has 0 unspecified atom stereocenters. The van der Waals surface area contributed by atoms with E-state index >= 15 is 0 Å². The molecule has 10 heteroatoms. The van der Waals surface area contributed by atoms with E-state index in [9.17, 15) is 18.0 Å². The van der Waals surface area contributed by atoms with Gasteiger partial charge in [-0.1, -0.05) is 11.6 Å². The number of piperazine rings is 1. The summed E-state index contributed by atoms with van der Waals surface area (Å²) >= 11 is 5.64. The molecule has 0 saturated carbocycles. The fourth-order valence-corrected chi connectivity index (χ4v) is 3.01. The summed E-state index contributed by atoms with van der Waals surface area (Å²) in [6.07, 6.45) is 0.271. The van der Waals surface area contributed by atoms with Gasteiger partial charge in [0.05, 0.1) is 24.0 Å². The second kappa shape index (κ2) is 8.10. The Hall–Kier alpha value is -2.39. The number of alkyl halides is 3. The smallest absolute Gasteiger partial charge is 0.353 e. The van der Waals surface area contributed by atoms with Crippen molar-refractivity contribution in [2.75, 3.05) is 42.9 Å². The van der Waals surface area contributed by atoms with Crippen LogP contribution < -0.4 is 10.2 Å². The number of carbonyl (C=O) groups excluding carboxylic acids is 1. The lowest BCUT2D eigenvalue weighted by molar-refractivity contribution is -0.137. The number of hydrogen-bond donors (Lipinski definition) is 1. The Morgan fingerprint density at radius 2 is 1.93 bits per heavy atom. The topological polar surface area (TPSA) is 61.4 Å². The third-order valence-corrected chi connectivity index (χ3v) is 4.41. The standard InChI is InChI=1S/C17H17ClF3N5O/c18-12-1-2-14(13(9-12)17(19,20)21)24-16(27)11-25-5-7-26(8-6-25)15-10-22-3-4-23-15/h1-4,9-10H,5-8,11H2,(H,24,27). The monoisotopic (exact) mass is 399 g/mol. The third-order valence-electron chi connectivity index (χ3n) is 4.17. The van der Waals surface area contributed by atoms with Crippen LogP contribution >= 0.6 is 11.6 Å². The number of amides is 1. The first-order valence-corrected chi connectivity index (χ1v) is 8.60. The summed E-state index contributed by atoms with van der Waals surface area (Å²) in [5.74, 6) is 0.258. The van der Waals surface area contributed by atoms with Crippen LogP contribution in [0.1, 0.15) is 5.56 Å². The summed E-state index contributed by atoms with van der Waals surface area (Å²) in [7, 11) is 0. The molecule has 6 nitrogen and oxygen atoms in total. The Balaban J connectivity index is 1.57. The van der Waals surface area contributed by atoms with E-state index in [1.54, 1.807) is 18.6 Å². The van der Waals surface area contributed by atoms with Gasteiger partial charge in [-0.2, -0.15) is 13.2 Å². The highest BCUT2D eigenvalue weighted by Gasteiger charge is 2.34. The van der Waals surface area contributed by atoms with Gasteiger partial charge < -0.3 is 10.2 Å². The maximum Gasteiger partial charge on any atom is 0.418 e. The lowest BCUT2D eigenvalue weighted by Crippen LogP contribution is -2.49. The minimum atomic E-state index is -4.60. The molecule has 1 saturated heterocycles. The number of rotatable bonds is 4. The highest BCUT2D eigenvalue weighted by Crippen LogP contribution is 2.36. The number of hydrogen-bond acceptors (Lipinski definition) is 5. The maximum atomic E-state index is 13.1. The van der Waals surface area contributed by atoms with Crippen LogP contribution in [0.3, 0.4) is 0 Å². The van der Waals surface area contributed by atoms with E-state index in [1.165, 1.54) is 6.07 Å². The minimum Gasteiger partial charge on any atom is -0.353 e. The first kappa shape index (κ1) is 19.4. The SMILES string of the molecule is O=C(CN1CCN(c2cnccn2)CC1)Nc1ccc(Cl)cc1C(F)(F)F. The third kappa shape index (κ3) is 5.08. The van der Waals surface area contributed by atoms with E-state index in [0.29, 0.717) is 26.2 Å². The first-order valence-electron chi connectivity index (χ1n) is 8.23. The fraction of sp³-hybridized carbons (Fsp3) is 0.353.